The van der Waals surface area contributed by atoms with E-state index in [0.717, 1.165) is 31.6 Å². The van der Waals surface area contributed by atoms with Crippen molar-refractivity contribution in [1.82, 2.24) is 0 Å². The van der Waals surface area contributed by atoms with Crippen LogP contribution in [-0.2, 0) is 6.42 Å². The summed E-state index contributed by atoms with van der Waals surface area (Å²) in [6.07, 6.45) is 2.02. The Morgan fingerprint density at radius 3 is 3.07 bits per heavy atom. The summed E-state index contributed by atoms with van der Waals surface area (Å²) in [7, 11) is 0. The number of nitrogens with two attached hydrogens (primary N) is 1. The van der Waals surface area contributed by atoms with Crippen LogP contribution >= 0.6 is 0 Å². The van der Waals surface area contributed by atoms with Crippen LogP contribution in [0.15, 0.2) is 18.2 Å². The molecule has 0 bridgehead atoms. The number of phenolic OH excluding ortho intramolecular Hbond substituents is 1. The molecule has 2 rings (SSSR count). The number of benzene rings is 1. The van der Waals surface area contributed by atoms with Gasteiger partial charge in [-0.3, -0.25) is 0 Å². The van der Waals surface area contributed by atoms with Crippen LogP contribution in [0.2, 0.25) is 0 Å². The Bertz CT molecular complexity index is 325. The molecule has 0 radical (unpaired) electrons. The molecule has 3 heteroatoms. The lowest BCUT2D eigenvalue weighted by Crippen LogP contribution is -2.23. The summed E-state index contributed by atoms with van der Waals surface area (Å²) in [5, 5.41) is 9.73. The van der Waals surface area contributed by atoms with Gasteiger partial charge in [-0.1, -0.05) is 12.1 Å². The zero-order valence-corrected chi connectivity index (χ0v) is 8.24. The fourth-order valence-electron chi connectivity index (χ4n) is 2.02. The summed E-state index contributed by atoms with van der Waals surface area (Å²) >= 11 is 0. The molecule has 0 saturated heterocycles. The third-order valence-corrected chi connectivity index (χ3v) is 2.70. The summed E-state index contributed by atoms with van der Waals surface area (Å²) in [4.78, 5) is 2.22. The van der Waals surface area contributed by atoms with Crippen LogP contribution in [-0.4, -0.2) is 24.7 Å². The minimum Gasteiger partial charge on any atom is -0.506 e. The van der Waals surface area contributed by atoms with Crippen molar-refractivity contribution in [2.75, 3.05) is 24.5 Å². The van der Waals surface area contributed by atoms with E-state index >= 15 is 0 Å². The predicted octanol–water partition coefficient (Wildman–Crippen LogP) is 1.10. The molecule has 1 aliphatic heterocycles. The normalized spacial score (nSPS) is 14.5. The quantitative estimate of drug-likeness (QED) is 0.754. The number of phenols is 1. The van der Waals surface area contributed by atoms with E-state index in [-0.39, 0.29) is 0 Å². The van der Waals surface area contributed by atoms with Gasteiger partial charge in [-0.15, -0.1) is 0 Å². The van der Waals surface area contributed by atoms with E-state index in [9.17, 15) is 5.11 Å². The number of para-hydroxylation sites is 1. The standard InChI is InChI=1S/C11H16N2O/c12-6-2-7-13-8-5-9-3-1-4-10(14)11(9)13/h1,3-4,14H,2,5-8,12H2. The predicted molar refractivity (Wildman–Crippen MR) is 57.7 cm³/mol. The lowest BCUT2D eigenvalue weighted by Gasteiger charge is -2.19. The van der Waals surface area contributed by atoms with Crippen molar-refractivity contribution in [2.24, 2.45) is 5.73 Å². The molecule has 0 fully saturated rings. The van der Waals surface area contributed by atoms with E-state index in [4.69, 9.17) is 5.73 Å². The number of rotatable bonds is 3. The first-order chi connectivity index (χ1) is 6.83. The minimum absolute atomic E-state index is 0.400. The topological polar surface area (TPSA) is 49.5 Å². The highest BCUT2D eigenvalue weighted by atomic mass is 16.3. The van der Waals surface area contributed by atoms with Crippen molar-refractivity contribution in [2.45, 2.75) is 12.8 Å². The van der Waals surface area contributed by atoms with Crippen LogP contribution in [0.5, 0.6) is 5.75 Å². The molecule has 76 valence electrons. The smallest absolute Gasteiger partial charge is 0.139 e. The van der Waals surface area contributed by atoms with Crippen molar-refractivity contribution in [3.63, 3.8) is 0 Å². The van der Waals surface area contributed by atoms with Crippen molar-refractivity contribution >= 4 is 5.69 Å². The summed E-state index contributed by atoms with van der Waals surface area (Å²) < 4.78 is 0. The maximum absolute atomic E-state index is 9.73. The van der Waals surface area contributed by atoms with E-state index in [1.165, 1.54) is 5.56 Å². The average molecular weight is 192 g/mol. The molecule has 1 aromatic rings. The monoisotopic (exact) mass is 192 g/mol. The summed E-state index contributed by atoms with van der Waals surface area (Å²) in [5.74, 6) is 0.400. The second-order valence-corrected chi connectivity index (χ2v) is 3.66. The molecule has 0 atom stereocenters. The second-order valence-electron chi connectivity index (χ2n) is 3.66. The summed E-state index contributed by atoms with van der Waals surface area (Å²) in [6.45, 7) is 2.66. The van der Waals surface area contributed by atoms with Gasteiger partial charge in [0.15, 0.2) is 0 Å². The zero-order valence-electron chi connectivity index (χ0n) is 8.24. The van der Waals surface area contributed by atoms with Gasteiger partial charge in [0.1, 0.15) is 5.75 Å². The van der Waals surface area contributed by atoms with Crippen molar-refractivity contribution in [3.05, 3.63) is 23.8 Å². The molecule has 0 spiro atoms. The molecular formula is C11H16N2O. The third kappa shape index (κ3) is 1.55. The Labute approximate surface area is 84.1 Å². The van der Waals surface area contributed by atoms with Gasteiger partial charge in [0.2, 0.25) is 0 Å². The van der Waals surface area contributed by atoms with Crippen LogP contribution in [0.25, 0.3) is 0 Å². The van der Waals surface area contributed by atoms with Crippen molar-refractivity contribution < 1.29 is 5.11 Å². The highest BCUT2D eigenvalue weighted by Crippen LogP contribution is 2.35. The highest BCUT2D eigenvalue weighted by molar-refractivity contribution is 5.66. The molecule has 3 nitrogen and oxygen atoms in total. The second kappa shape index (κ2) is 3.88. The summed E-state index contributed by atoms with van der Waals surface area (Å²) in [5.41, 5.74) is 7.74. The Balaban J connectivity index is 2.20. The molecule has 0 amide bonds. The fourth-order valence-corrected chi connectivity index (χ4v) is 2.02. The van der Waals surface area contributed by atoms with Crippen LogP contribution in [0.4, 0.5) is 5.69 Å². The molecular weight excluding hydrogens is 176 g/mol. The lowest BCUT2D eigenvalue weighted by atomic mass is 10.1. The highest BCUT2D eigenvalue weighted by Gasteiger charge is 2.21. The van der Waals surface area contributed by atoms with Gasteiger partial charge in [-0.2, -0.15) is 0 Å². The first-order valence-electron chi connectivity index (χ1n) is 5.09. The van der Waals surface area contributed by atoms with Crippen molar-refractivity contribution in [3.8, 4) is 5.75 Å². The van der Waals surface area contributed by atoms with Crippen LogP contribution in [0, 0.1) is 0 Å². The molecule has 0 aromatic heterocycles. The number of nitrogens with zero attached hydrogens (tertiary/aromatic N) is 1. The molecule has 0 unspecified atom stereocenters. The molecule has 0 aliphatic carbocycles. The number of hydrogen-bond donors (Lipinski definition) is 2. The van der Waals surface area contributed by atoms with E-state index in [0.29, 0.717) is 12.3 Å². The molecule has 1 heterocycles. The number of fused-ring (bicyclic) bond motifs is 1. The molecule has 0 saturated carbocycles. The van der Waals surface area contributed by atoms with Crippen LogP contribution < -0.4 is 10.6 Å². The Kier molecular flexibility index (Phi) is 2.59. The Morgan fingerprint density at radius 1 is 1.43 bits per heavy atom. The maximum atomic E-state index is 9.73. The van der Waals surface area contributed by atoms with Gasteiger partial charge >= 0.3 is 0 Å². The SMILES string of the molecule is NCCCN1CCc2cccc(O)c21. The Morgan fingerprint density at radius 2 is 2.29 bits per heavy atom. The van der Waals surface area contributed by atoms with Gasteiger partial charge in [-0.05, 0) is 31.0 Å². The first-order valence-corrected chi connectivity index (χ1v) is 5.09. The zero-order chi connectivity index (χ0) is 9.97. The molecule has 3 N–H and O–H groups in total. The van der Waals surface area contributed by atoms with Gasteiger partial charge in [0.25, 0.3) is 0 Å². The fraction of sp³-hybridized carbons (Fsp3) is 0.455. The van der Waals surface area contributed by atoms with Gasteiger partial charge in [-0.25, -0.2) is 0 Å². The van der Waals surface area contributed by atoms with Crippen LogP contribution in [0.3, 0.4) is 0 Å². The average Bonchev–Trinajstić information content (AvgIpc) is 2.59. The summed E-state index contributed by atoms with van der Waals surface area (Å²) in [6, 6.07) is 5.73. The first kappa shape index (κ1) is 9.34. The van der Waals surface area contributed by atoms with Crippen LogP contribution in [0.1, 0.15) is 12.0 Å². The lowest BCUT2D eigenvalue weighted by molar-refractivity contribution is 0.475. The third-order valence-electron chi connectivity index (χ3n) is 2.70. The van der Waals surface area contributed by atoms with Gasteiger partial charge < -0.3 is 15.7 Å². The van der Waals surface area contributed by atoms with E-state index in [1.54, 1.807) is 6.07 Å². The maximum Gasteiger partial charge on any atom is 0.139 e. The number of hydrogen-bond acceptors (Lipinski definition) is 3. The van der Waals surface area contributed by atoms with E-state index in [2.05, 4.69) is 11.0 Å². The number of anilines is 1. The van der Waals surface area contributed by atoms with Gasteiger partial charge in [0.05, 0.1) is 5.69 Å². The largest absolute Gasteiger partial charge is 0.506 e. The molecule has 1 aliphatic rings. The Hall–Kier alpha value is -1.22. The number of aromatic hydroxyl groups is 1. The van der Waals surface area contributed by atoms with E-state index < -0.39 is 0 Å². The van der Waals surface area contributed by atoms with Crippen molar-refractivity contribution in [1.29, 1.82) is 0 Å². The van der Waals surface area contributed by atoms with Gasteiger partial charge in [0, 0.05) is 13.1 Å². The van der Waals surface area contributed by atoms with E-state index in [1.807, 2.05) is 6.07 Å². The molecule has 14 heavy (non-hydrogen) atoms. The molecule has 1 aromatic carbocycles. The minimum atomic E-state index is 0.400.